The molecular formula is C8H5F2N. The molecule has 0 bridgehead atoms. The molecule has 1 aromatic rings. The van der Waals surface area contributed by atoms with E-state index in [4.69, 9.17) is 5.26 Å². The summed E-state index contributed by atoms with van der Waals surface area (Å²) >= 11 is 0. The molecule has 1 rings (SSSR count). The van der Waals surface area contributed by atoms with Crippen molar-refractivity contribution in [1.29, 1.82) is 5.26 Å². The average Bonchev–Trinajstić information content (AvgIpc) is 2.05. The van der Waals surface area contributed by atoms with Gasteiger partial charge in [0.15, 0.2) is 0 Å². The van der Waals surface area contributed by atoms with Crippen LogP contribution >= 0.6 is 0 Å². The lowest BCUT2D eigenvalue weighted by Gasteiger charge is -1.97. The Bertz CT molecular complexity index is 273. The minimum absolute atomic E-state index is 0.189. The minimum Gasteiger partial charge on any atom is -0.226 e. The maximum atomic E-state index is 12.5. The van der Waals surface area contributed by atoms with E-state index in [9.17, 15) is 8.78 Å². The van der Waals surface area contributed by atoms with Crippen molar-refractivity contribution in [2.75, 3.05) is 0 Å². The summed E-state index contributed by atoms with van der Waals surface area (Å²) in [5.74, 6) is -0.432. The third-order valence-corrected chi connectivity index (χ3v) is 1.28. The van der Waals surface area contributed by atoms with E-state index in [0.717, 1.165) is 12.1 Å². The van der Waals surface area contributed by atoms with Gasteiger partial charge in [0.1, 0.15) is 11.9 Å². The zero-order chi connectivity index (χ0) is 8.27. The van der Waals surface area contributed by atoms with E-state index in [-0.39, 0.29) is 5.56 Å². The molecule has 1 unspecified atom stereocenters. The van der Waals surface area contributed by atoms with E-state index in [0.29, 0.717) is 0 Å². The van der Waals surface area contributed by atoms with Gasteiger partial charge >= 0.3 is 0 Å². The van der Waals surface area contributed by atoms with Crippen LogP contribution in [0.5, 0.6) is 0 Å². The van der Waals surface area contributed by atoms with Gasteiger partial charge in [0.05, 0.1) is 0 Å². The first-order valence-electron chi connectivity index (χ1n) is 3.03. The summed E-state index contributed by atoms with van der Waals surface area (Å²) in [7, 11) is 0. The molecule has 1 aromatic carbocycles. The summed E-state index contributed by atoms with van der Waals surface area (Å²) in [5, 5.41) is 8.14. The third kappa shape index (κ3) is 1.74. The number of alkyl halides is 1. The molecule has 0 aliphatic heterocycles. The first-order valence-corrected chi connectivity index (χ1v) is 3.03. The first-order chi connectivity index (χ1) is 5.24. The molecule has 1 atom stereocenters. The smallest absolute Gasteiger partial charge is 0.211 e. The van der Waals surface area contributed by atoms with Crippen molar-refractivity contribution in [3.8, 4) is 6.07 Å². The summed E-state index contributed by atoms with van der Waals surface area (Å²) in [4.78, 5) is 0. The molecule has 0 aliphatic rings. The van der Waals surface area contributed by atoms with Gasteiger partial charge in [-0.05, 0) is 12.1 Å². The number of nitriles is 1. The maximum Gasteiger partial charge on any atom is 0.211 e. The Morgan fingerprint density at radius 1 is 1.27 bits per heavy atom. The lowest BCUT2D eigenvalue weighted by atomic mass is 10.1. The van der Waals surface area contributed by atoms with Gasteiger partial charge in [-0.15, -0.1) is 0 Å². The minimum atomic E-state index is -1.66. The Morgan fingerprint density at radius 3 is 2.27 bits per heavy atom. The van der Waals surface area contributed by atoms with Gasteiger partial charge < -0.3 is 0 Å². The number of hydrogen-bond donors (Lipinski definition) is 0. The summed E-state index contributed by atoms with van der Waals surface area (Å²) in [5.41, 5.74) is 0.189. The second-order valence-electron chi connectivity index (χ2n) is 2.04. The Kier molecular flexibility index (Phi) is 2.17. The number of nitrogens with zero attached hydrogens (tertiary/aromatic N) is 1. The van der Waals surface area contributed by atoms with Crippen molar-refractivity contribution in [3.63, 3.8) is 0 Å². The summed E-state index contributed by atoms with van der Waals surface area (Å²) in [6, 6.07) is 6.17. The van der Waals surface area contributed by atoms with Crippen LogP contribution in [-0.2, 0) is 0 Å². The molecule has 0 fully saturated rings. The zero-order valence-corrected chi connectivity index (χ0v) is 5.59. The molecular weight excluding hydrogens is 148 g/mol. The van der Waals surface area contributed by atoms with Gasteiger partial charge in [-0.2, -0.15) is 5.26 Å². The Labute approximate surface area is 62.9 Å². The zero-order valence-electron chi connectivity index (χ0n) is 5.59. The van der Waals surface area contributed by atoms with Crippen LogP contribution in [0.25, 0.3) is 0 Å². The Morgan fingerprint density at radius 2 is 1.82 bits per heavy atom. The second-order valence-corrected chi connectivity index (χ2v) is 2.04. The summed E-state index contributed by atoms with van der Waals surface area (Å²) < 4.78 is 24.8. The SMILES string of the molecule is N#CC(F)c1ccc(F)cc1. The monoisotopic (exact) mass is 153 g/mol. The topological polar surface area (TPSA) is 23.8 Å². The Hall–Kier alpha value is -1.43. The predicted molar refractivity (Wildman–Crippen MR) is 35.9 cm³/mol. The predicted octanol–water partition coefficient (Wildman–Crippen LogP) is 2.36. The number of hydrogen-bond acceptors (Lipinski definition) is 1. The highest BCUT2D eigenvalue weighted by Crippen LogP contribution is 2.15. The molecule has 0 aliphatic carbocycles. The van der Waals surface area contributed by atoms with Crippen LogP contribution < -0.4 is 0 Å². The molecule has 0 aromatic heterocycles. The molecule has 0 saturated carbocycles. The molecule has 3 heteroatoms. The van der Waals surface area contributed by atoms with Crippen molar-refractivity contribution in [2.24, 2.45) is 0 Å². The highest BCUT2D eigenvalue weighted by Gasteiger charge is 2.06. The van der Waals surface area contributed by atoms with E-state index in [1.54, 1.807) is 0 Å². The fourth-order valence-electron chi connectivity index (χ4n) is 0.706. The van der Waals surface area contributed by atoms with Crippen LogP contribution in [0.15, 0.2) is 24.3 Å². The van der Waals surface area contributed by atoms with Crippen molar-refractivity contribution in [1.82, 2.24) is 0 Å². The fourth-order valence-corrected chi connectivity index (χ4v) is 0.706. The standard InChI is InChI=1S/C8H5F2N/c9-7-3-1-6(2-4-7)8(10)5-11/h1-4,8H. The molecule has 1 nitrogen and oxygen atoms in total. The molecule has 11 heavy (non-hydrogen) atoms. The largest absolute Gasteiger partial charge is 0.226 e. The number of halogens is 2. The van der Waals surface area contributed by atoms with Crippen molar-refractivity contribution >= 4 is 0 Å². The van der Waals surface area contributed by atoms with Gasteiger partial charge in [-0.25, -0.2) is 8.78 Å². The van der Waals surface area contributed by atoms with Crippen LogP contribution in [0.1, 0.15) is 11.7 Å². The van der Waals surface area contributed by atoms with Crippen LogP contribution in [0, 0.1) is 17.1 Å². The molecule has 0 amide bonds. The van der Waals surface area contributed by atoms with E-state index < -0.39 is 12.0 Å². The lowest BCUT2D eigenvalue weighted by molar-refractivity contribution is 0.423. The maximum absolute atomic E-state index is 12.5. The van der Waals surface area contributed by atoms with E-state index in [1.807, 2.05) is 0 Å². The Balaban J connectivity index is 2.92. The average molecular weight is 153 g/mol. The quantitative estimate of drug-likeness (QED) is 0.607. The molecule has 0 radical (unpaired) electrons. The van der Waals surface area contributed by atoms with E-state index in [2.05, 4.69) is 0 Å². The molecule has 0 heterocycles. The first kappa shape index (κ1) is 7.67. The highest BCUT2D eigenvalue weighted by molar-refractivity contribution is 5.22. The molecule has 56 valence electrons. The highest BCUT2D eigenvalue weighted by atomic mass is 19.1. The van der Waals surface area contributed by atoms with Crippen LogP contribution in [0.4, 0.5) is 8.78 Å². The molecule has 0 saturated heterocycles. The van der Waals surface area contributed by atoms with Crippen molar-refractivity contribution in [2.45, 2.75) is 6.17 Å². The molecule has 0 N–H and O–H groups in total. The van der Waals surface area contributed by atoms with Crippen LogP contribution in [0.2, 0.25) is 0 Å². The van der Waals surface area contributed by atoms with Crippen molar-refractivity contribution in [3.05, 3.63) is 35.6 Å². The third-order valence-electron chi connectivity index (χ3n) is 1.28. The van der Waals surface area contributed by atoms with Gasteiger partial charge in [-0.1, -0.05) is 12.1 Å². The number of rotatable bonds is 1. The van der Waals surface area contributed by atoms with Crippen molar-refractivity contribution < 1.29 is 8.78 Å². The van der Waals surface area contributed by atoms with Gasteiger partial charge in [0.25, 0.3) is 0 Å². The summed E-state index contributed by atoms with van der Waals surface area (Å²) in [6.45, 7) is 0. The second kappa shape index (κ2) is 3.11. The van der Waals surface area contributed by atoms with E-state index >= 15 is 0 Å². The van der Waals surface area contributed by atoms with E-state index in [1.165, 1.54) is 18.2 Å². The van der Waals surface area contributed by atoms with Gasteiger partial charge in [0, 0.05) is 5.56 Å². The summed E-state index contributed by atoms with van der Waals surface area (Å²) in [6.07, 6.45) is -1.66. The van der Waals surface area contributed by atoms with Gasteiger partial charge in [0.2, 0.25) is 6.17 Å². The molecule has 0 spiro atoms. The van der Waals surface area contributed by atoms with Gasteiger partial charge in [-0.3, -0.25) is 0 Å². The normalized spacial score (nSPS) is 12.1. The van der Waals surface area contributed by atoms with Crippen LogP contribution in [0.3, 0.4) is 0 Å². The van der Waals surface area contributed by atoms with Crippen LogP contribution in [-0.4, -0.2) is 0 Å². The number of benzene rings is 1. The fraction of sp³-hybridized carbons (Fsp3) is 0.125. The lowest BCUT2D eigenvalue weighted by Crippen LogP contribution is -1.86.